The second-order valence-electron chi connectivity index (χ2n) is 8.90. The average molecular weight is 513 g/mol. The number of hydrogen-bond acceptors (Lipinski definition) is 6. The van der Waals surface area contributed by atoms with E-state index in [0.29, 0.717) is 16.5 Å². The van der Waals surface area contributed by atoms with Crippen LogP contribution in [0.5, 0.6) is 5.75 Å². The van der Waals surface area contributed by atoms with Gasteiger partial charge in [0.1, 0.15) is 30.0 Å². The van der Waals surface area contributed by atoms with Crippen molar-refractivity contribution < 1.29 is 31.8 Å². The van der Waals surface area contributed by atoms with E-state index in [9.17, 15) is 18.0 Å². The van der Waals surface area contributed by atoms with Gasteiger partial charge in [-0.2, -0.15) is 18.3 Å². The fraction of sp³-hybridized carbons (Fsp3) is 0.240. The van der Waals surface area contributed by atoms with E-state index >= 15 is 4.39 Å². The van der Waals surface area contributed by atoms with Crippen molar-refractivity contribution in [1.29, 1.82) is 0 Å². The third-order valence-corrected chi connectivity index (χ3v) is 6.62. The monoisotopic (exact) mass is 513 g/mol. The fourth-order valence-corrected chi connectivity index (χ4v) is 4.81. The van der Waals surface area contributed by atoms with Crippen molar-refractivity contribution in [2.24, 2.45) is 7.05 Å². The number of hydrogen-bond donors (Lipinski definition) is 1. The Morgan fingerprint density at radius 2 is 1.95 bits per heavy atom. The van der Waals surface area contributed by atoms with Crippen molar-refractivity contribution in [3.8, 4) is 5.75 Å². The molecule has 0 saturated carbocycles. The second kappa shape index (κ2) is 8.17. The molecular weight excluding hydrogens is 494 g/mol. The summed E-state index contributed by atoms with van der Waals surface area (Å²) in [5.74, 6) is -1.12. The van der Waals surface area contributed by atoms with Crippen LogP contribution in [0, 0.1) is 5.82 Å². The van der Waals surface area contributed by atoms with Crippen LogP contribution in [-0.4, -0.2) is 27.3 Å². The Bertz CT molecular complexity index is 1580. The maximum absolute atomic E-state index is 15.4. The molecule has 2 aromatic heterocycles. The minimum Gasteiger partial charge on any atom is -0.491 e. The number of carbonyl (C=O) groups is 1. The molecule has 4 heterocycles. The Morgan fingerprint density at radius 3 is 2.68 bits per heavy atom. The largest absolute Gasteiger partial charge is 0.491 e. The minimum atomic E-state index is -4.55. The number of rotatable bonds is 3. The van der Waals surface area contributed by atoms with E-state index in [1.807, 2.05) is 0 Å². The number of fused-ring (bicyclic) bond motifs is 4. The number of aryl methyl sites for hydroxylation is 1. The van der Waals surface area contributed by atoms with E-state index in [4.69, 9.17) is 15.2 Å². The van der Waals surface area contributed by atoms with E-state index in [1.165, 1.54) is 21.7 Å². The van der Waals surface area contributed by atoms with Crippen LogP contribution >= 0.6 is 0 Å². The molecule has 2 aliphatic heterocycles. The number of anilines is 2. The van der Waals surface area contributed by atoms with Crippen LogP contribution in [0.4, 0.5) is 29.2 Å². The molecule has 0 radical (unpaired) electrons. The first kappa shape index (κ1) is 23.2. The Hall–Kier alpha value is -4.19. The van der Waals surface area contributed by atoms with Gasteiger partial charge in [0.25, 0.3) is 5.91 Å². The molecule has 1 atom stereocenters. The molecule has 1 unspecified atom stereocenters. The number of halogens is 4. The predicted octanol–water partition coefficient (Wildman–Crippen LogP) is 4.52. The molecule has 1 amide bonds. The van der Waals surface area contributed by atoms with Crippen LogP contribution < -0.4 is 15.4 Å². The van der Waals surface area contributed by atoms with Gasteiger partial charge in [-0.1, -0.05) is 6.07 Å². The molecule has 0 saturated heterocycles. The first-order chi connectivity index (χ1) is 17.6. The maximum Gasteiger partial charge on any atom is 0.416 e. The number of nitrogens with two attached hydrogens (primary N) is 1. The number of nitrogen functional groups attached to an aromatic ring is 1. The molecule has 2 aromatic carbocycles. The molecule has 0 bridgehead atoms. The molecule has 2 N–H and O–H groups in total. The summed E-state index contributed by atoms with van der Waals surface area (Å²) in [6.07, 6.45) is -2.95. The quantitative estimate of drug-likeness (QED) is 0.405. The highest BCUT2D eigenvalue weighted by Crippen LogP contribution is 2.42. The van der Waals surface area contributed by atoms with Crippen LogP contribution in [0.25, 0.3) is 10.9 Å². The summed E-state index contributed by atoms with van der Waals surface area (Å²) in [7, 11) is 1.65. The minimum absolute atomic E-state index is 0.00202. The molecule has 12 heteroatoms. The van der Waals surface area contributed by atoms with Gasteiger partial charge in [0.2, 0.25) is 0 Å². The second-order valence-corrected chi connectivity index (χ2v) is 8.90. The van der Waals surface area contributed by atoms with E-state index in [2.05, 4.69) is 10.1 Å². The molecule has 0 fully saturated rings. The average Bonchev–Trinajstić information content (AvgIpc) is 3.59. The van der Waals surface area contributed by atoms with Gasteiger partial charge in [0.05, 0.1) is 29.9 Å². The summed E-state index contributed by atoms with van der Waals surface area (Å²) in [5.41, 5.74) is 6.94. The maximum atomic E-state index is 15.4. The summed E-state index contributed by atoms with van der Waals surface area (Å²) in [5, 5.41) is 4.84. The van der Waals surface area contributed by atoms with Crippen molar-refractivity contribution in [3.63, 3.8) is 0 Å². The van der Waals surface area contributed by atoms with Crippen molar-refractivity contribution in [3.05, 3.63) is 76.2 Å². The van der Waals surface area contributed by atoms with Crippen LogP contribution in [0.15, 0.2) is 42.6 Å². The highest BCUT2D eigenvalue weighted by molar-refractivity contribution is 6.08. The summed E-state index contributed by atoms with van der Waals surface area (Å²) in [6, 6.07) is 6.37. The molecule has 0 spiro atoms. The van der Waals surface area contributed by atoms with Crippen molar-refractivity contribution in [2.75, 3.05) is 17.2 Å². The first-order valence-electron chi connectivity index (χ1n) is 11.3. The number of aromatic nitrogens is 3. The van der Waals surface area contributed by atoms with Gasteiger partial charge >= 0.3 is 6.18 Å². The zero-order chi connectivity index (χ0) is 26.1. The molecule has 4 aromatic rings. The molecule has 190 valence electrons. The first-order valence-corrected chi connectivity index (χ1v) is 11.3. The standard InChI is InChI=1S/C25H19F4N5O3/c1-33-5-4-22(32-33)34(20-11-37-21-6-12(25(27,28)29)2-3-13(20)21)24(35)15-7-14-16-9-36-10-17(16)23(30)31-19(14)8-18(15)26/h2-8,20H,9-11H2,1H3,(H2,30,31). The predicted molar refractivity (Wildman–Crippen MR) is 124 cm³/mol. The Balaban J connectivity index is 1.47. The lowest BCUT2D eigenvalue weighted by Crippen LogP contribution is -2.37. The topological polar surface area (TPSA) is 95.5 Å². The molecular formula is C25H19F4N5O3. The van der Waals surface area contributed by atoms with Crippen molar-refractivity contribution >= 4 is 28.4 Å². The normalized spacial score (nSPS) is 16.5. The zero-order valence-electron chi connectivity index (χ0n) is 19.3. The SMILES string of the molecule is Cn1ccc(N(C(=O)c2cc3c4c(c(N)nc3cc2F)COC4)C2COc3cc(C(F)(F)F)ccc32)n1. The number of ether oxygens (including phenoxy) is 2. The van der Waals surface area contributed by atoms with Crippen LogP contribution in [0.2, 0.25) is 0 Å². The third-order valence-electron chi connectivity index (χ3n) is 6.62. The lowest BCUT2D eigenvalue weighted by molar-refractivity contribution is -0.137. The summed E-state index contributed by atoms with van der Waals surface area (Å²) in [6.45, 7) is 0.379. The van der Waals surface area contributed by atoms with Crippen LogP contribution in [0.3, 0.4) is 0 Å². The van der Waals surface area contributed by atoms with E-state index in [0.717, 1.165) is 23.8 Å². The highest BCUT2D eigenvalue weighted by atomic mass is 19.4. The van der Waals surface area contributed by atoms with Gasteiger partial charge in [0.15, 0.2) is 5.82 Å². The van der Waals surface area contributed by atoms with Crippen molar-refractivity contribution in [2.45, 2.75) is 25.4 Å². The van der Waals surface area contributed by atoms with Gasteiger partial charge in [-0.25, -0.2) is 9.37 Å². The molecule has 37 heavy (non-hydrogen) atoms. The number of carbonyl (C=O) groups excluding carboxylic acids is 1. The molecule has 6 rings (SSSR count). The van der Waals surface area contributed by atoms with Gasteiger partial charge in [-0.3, -0.25) is 14.4 Å². The van der Waals surface area contributed by atoms with E-state index in [-0.39, 0.29) is 48.3 Å². The zero-order valence-corrected chi connectivity index (χ0v) is 19.3. The smallest absolute Gasteiger partial charge is 0.416 e. The summed E-state index contributed by atoms with van der Waals surface area (Å²) >= 11 is 0. The van der Waals surface area contributed by atoms with Crippen LogP contribution in [0.1, 0.15) is 38.7 Å². The Morgan fingerprint density at radius 1 is 1.16 bits per heavy atom. The molecule has 2 aliphatic rings. The van der Waals surface area contributed by atoms with Gasteiger partial charge in [0, 0.05) is 41.9 Å². The van der Waals surface area contributed by atoms with Gasteiger partial charge < -0.3 is 15.2 Å². The lowest BCUT2D eigenvalue weighted by Gasteiger charge is -2.27. The lowest BCUT2D eigenvalue weighted by atomic mass is 10.00. The van der Waals surface area contributed by atoms with E-state index < -0.39 is 29.5 Å². The highest BCUT2D eigenvalue weighted by Gasteiger charge is 2.39. The number of pyridine rings is 1. The van der Waals surface area contributed by atoms with Crippen LogP contribution in [-0.2, 0) is 31.2 Å². The number of amides is 1. The Labute approximate surface area is 207 Å². The summed E-state index contributed by atoms with van der Waals surface area (Å²) < 4.78 is 67.5. The number of benzene rings is 2. The fourth-order valence-electron chi connectivity index (χ4n) is 4.81. The number of nitrogens with zero attached hydrogens (tertiary/aromatic N) is 4. The van der Waals surface area contributed by atoms with Gasteiger partial charge in [-0.15, -0.1) is 0 Å². The molecule has 0 aliphatic carbocycles. The van der Waals surface area contributed by atoms with Crippen molar-refractivity contribution in [1.82, 2.24) is 14.8 Å². The molecule has 8 nitrogen and oxygen atoms in total. The Kier molecular flexibility index (Phi) is 5.13. The summed E-state index contributed by atoms with van der Waals surface area (Å²) in [4.78, 5) is 19.4. The third kappa shape index (κ3) is 3.75. The van der Waals surface area contributed by atoms with Gasteiger partial charge in [-0.05, 0) is 23.8 Å². The van der Waals surface area contributed by atoms with E-state index in [1.54, 1.807) is 19.3 Å². The number of alkyl halides is 3.